The second-order valence-electron chi connectivity index (χ2n) is 9.38. The van der Waals surface area contributed by atoms with Crippen LogP contribution in [0.15, 0.2) is 41.2 Å². The SMILES string of the molecule is CC(C)c1nc(C2CCN(c3ncnc4c(-c5ccc(-c6nn[nH]n6)c(F)c5)cc(F)cc34)CC2)no1. The fraction of sp³-hybridized carbons (Fsp3) is 0.320. The number of fused-ring (bicyclic) bond motifs is 1. The average Bonchev–Trinajstić information content (AvgIpc) is 3.61. The van der Waals surface area contributed by atoms with Gasteiger partial charge in [0, 0.05) is 35.9 Å². The monoisotopic (exact) mass is 503 g/mol. The predicted octanol–water partition coefficient (Wildman–Crippen LogP) is 4.65. The standard InChI is InChI=1S/C25H23F2N9O/c1-13(2)25-30-22(33-37-25)14-5-7-36(8-6-14)24-19-11-16(26)10-18(21(19)28-12-29-24)15-3-4-17(20(27)9-15)23-31-34-35-32-23/h3-4,9-14H,5-8H2,1-2H3,(H,31,32,34,35). The van der Waals surface area contributed by atoms with Gasteiger partial charge in [-0.2, -0.15) is 10.2 Å². The van der Waals surface area contributed by atoms with E-state index in [0.29, 0.717) is 46.8 Å². The quantitative estimate of drug-likeness (QED) is 0.365. The van der Waals surface area contributed by atoms with E-state index in [2.05, 4.69) is 45.6 Å². The molecule has 1 aliphatic rings. The highest BCUT2D eigenvalue weighted by Gasteiger charge is 2.27. The molecule has 0 saturated carbocycles. The first-order valence-corrected chi connectivity index (χ1v) is 12.0. The maximum Gasteiger partial charge on any atom is 0.229 e. The van der Waals surface area contributed by atoms with Crippen molar-refractivity contribution in [3.05, 3.63) is 60.0 Å². The van der Waals surface area contributed by atoms with Crippen molar-refractivity contribution >= 4 is 16.7 Å². The van der Waals surface area contributed by atoms with Gasteiger partial charge < -0.3 is 9.42 Å². The molecule has 37 heavy (non-hydrogen) atoms. The lowest BCUT2D eigenvalue weighted by atomic mass is 9.95. The number of nitrogens with one attached hydrogen (secondary N) is 1. The van der Waals surface area contributed by atoms with Crippen molar-refractivity contribution in [3.8, 4) is 22.5 Å². The van der Waals surface area contributed by atoms with E-state index in [4.69, 9.17) is 4.52 Å². The van der Waals surface area contributed by atoms with Gasteiger partial charge in [0.05, 0.1) is 11.1 Å². The summed E-state index contributed by atoms with van der Waals surface area (Å²) in [5, 5.41) is 18.2. The topological polar surface area (TPSA) is 122 Å². The molecule has 3 aromatic heterocycles. The number of benzene rings is 2. The van der Waals surface area contributed by atoms with E-state index in [1.807, 2.05) is 13.8 Å². The Morgan fingerprint density at radius 2 is 1.89 bits per heavy atom. The molecule has 1 fully saturated rings. The van der Waals surface area contributed by atoms with Crippen LogP contribution in [0.25, 0.3) is 33.4 Å². The molecular formula is C25H23F2N9O. The Kier molecular flexibility index (Phi) is 5.78. The maximum absolute atomic E-state index is 14.9. The highest BCUT2D eigenvalue weighted by Crippen LogP contribution is 2.36. The van der Waals surface area contributed by atoms with Crippen LogP contribution in [0.2, 0.25) is 0 Å². The number of hydrogen-bond acceptors (Lipinski definition) is 9. The van der Waals surface area contributed by atoms with Gasteiger partial charge >= 0.3 is 0 Å². The molecule has 0 atom stereocenters. The molecule has 1 N–H and O–H groups in total. The lowest BCUT2D eigenvalue weighted by Gasteiger charge is -2.32. The molecule has 10 nitrogen and oxygen atoms in total. The molecule has 1 aliphatic heterocycles. The lowest BCUT2D eigenvalue weighted by Crippen LogP contribution is -2.34. The fourth-order valence-electron chi connectivity index (χ4n) is 4.73. The predicted molar refractivity (Wildman–Crippen MR) is 131 cm³/mol. The molecule has 1 saturated heterocycles. The van der Waals surface area contributed by atoms with Crippen LogP contribution in [0.5, 0.6) is 0 Å². The van der Waals surface area contributed by atoms with Crippen molar-refractivity contribution in [2.24, 2.45) is 0 Å². The highest BCUT2D eigenvalue weighted by atomic mass is 19.1. The number of piperidine rings is 1. The summed E-state index contributed by atoms with van der Waals surface area (Å²) in [5.41, 5.74) is 1.69. The van der Waals surface area contributed by atoms with Gasteiger partial charge in [-0.1, -0.05) is 25.1 Å². The van der Waals surface area contributed by atoms with Crippen molar-refractivity contribution in [2.45, 2.75) is 38.5 Å². The highest BCUT2D eigenvalue weighted by molar-refractivity contribution is 5.99. The van der Waals surface area contributed by atoms with Crippen LogP contribution in [-0.4, -0.2) is 53.8 Å². The first-order valence-electron chi connectivity index (χ1n) is 12.0. The molecule has 0 bridgehead atoms. The van der Waals surface area contributed by atoms with Gasteiger partial charge in [0.25, 0.3) is 0 Å². The summed E-state index contributed by atoms with van der Waals surface area (Å²) in [6.07, 6.45) is 3.09. The Balaban J connectivity index is 1.31. The van der Waals surface area contributed by atoms with Crippen molar-refractivity contribution < 1.29 is 13.3 Å². The first kappa shape index (κ1) is 23.1. The number of H-pyrrole nitrogens is 1. The number of tetrazole rings is 1. The molecule has 6 rings (SSSR count). The van der Waals surface area contributed by atoms with Crippen molar-refractivity contribution in [1.29, 1.82) is 0 Å². The Bertz CT molecular complexity index is 1560. The average molecular weight is 504 g/mol. The molecule has 188 valence electrons. The molecule has 0 aliphatic carbocycles. The fourth-order valence-corrected chi connectivity index (χ4v) is 4.73. The molecule has 0 spiro atoms. The van der Waals surface area contributed by atoms with E-state index in [1.54, 1.807) is 12.1 Å². The minimum Gasteiger partial charge on any atom is -0.356 e. The van der Waals surface area contributed by atoms with Gasteiger partial charge in [0.15, 0.2) is 5.82 Å². The number of aromatic nitrogens is 8. The lowest BCUT2D eigenvalue weighted by molar-refractivity contribution is 0.353. The van der Waals surface area contributed by atoms with Crippen LogP contribution < -0.4 is 4.90 Å². The number of nitrogens with zero attached hydrogens (tertiary/aromatic N) is 8. The molecule has 2 aromatic carbocycles. The summed E-state index contributed by atoms with van der Waals surface area (Å²) in [7, 11) is 0. The van der Waals surface area contributed by atoms with Crippen LogP contribution in [0.4, 0.5) is 14.6 Å². The Hall–Kier alpha value is -4.35. The van der Waals surface area contributed by atoms with Gasteiger partial charge in [-0.25, -0.2) is 18.7 Å². The van der Waals surface area contributed by atoms with Crippen LogP contribution in [0.1, 0.15) is 50.2 Å². The van der Waals surface area contributed by atoms with Crippen molar-refractivity contribution in [2.75, 3.05) is 18.0 Å². The Morgan fingerprint density at radius 3 is 2.59 bits per heavy atom. The molecule has 5 aromatic rings. The normalized spacial score (nSPS) is 14.7. The van der Waals surface area contributed by atoms with Gasteiger partial charge in [-0.15, -0.1) is 10.2 Å². The van der Waals surface area contributed by atoms with E-state index in [-0.39, 0.29) is 23.2 Å². The largest absolute Gasteiger partial charge is 0.356 e. The number of rotatable bonds is 5. The molecule has 0 unspecified atom stereocenters. The first-order chi connectivity index (χ1) is 18.0. The van der Waals surface area contributed by atoms with E-state index in [1.165, 1.54) is 24.5 Å². The van der Waals surface area contributed by atoms with Crippen LogP contribution in [-0.2, 0) is 0 Å². The number of halogens is 2. The zero-order chi connectivity index (χ0) is 25.5. The Labute approximate surface area is 210 Å². The third-order valence-corrected chi connectivity index (χ3v) is 6.66. The van der Waals surface area contributed by atoms with Gasteiger partial charge in [-0.05, 0) is 47.9 Å². The van der Waals surface area contributed by atoms with Crippen molar-refractivity contribution in [1.82, 2.24) is 40.7 Å². The second kappa shape index (κ2) is 9.26. The number of anilines is 1. The summed E-state index contributed by atoms with van der Waals surface area (Å²) in [6.45, 7) is 5.43. The maximum atomic E-state index is 14.9. The van der Waals surface area contributed by atoms with Gasteiger partial charge in [0.1, 0.15) is 23.8 Å². The van der Waals surface area contributed by atoms with Crippen molar-refractivity contribution in [3.63, 3.8) is 0 Å². The smallest absolute Gasteiger partial charge is 0.229 e. The van der Waals surface area contributed by atoms with Gasteiger partial charge in [-0.3, -0.25) is 0 Å². The third-order valence-electron chi connectivity index (χ3n) is 6.66. The minimum atomic E-state index is -0.547. The molecule has 0 amide bonds. The van der Waals surface area contributed by atoms with E-state index >= 15 is 0 Å². The van der Waals surface area contributed by atoms with E-state index in [9.17, 15) is 8.78 Å². The third kappa shape index (κ3) is 4.28. The summed E-state index contributed by atoms with van der Waals surface area (Å²) < 4.78 is 35.2. The number of aromatic amines is 1. The second-order valence-corrected chi connectivity index (χ2v) is 9.38. The summed E-state index contributed by atoms with van der Waals surface area (Å²) >= 11 is 0. The summed E-state index contributed by atoms with van der Waals surface area (Å²) in [6, 6.07) is 7.34. The van der Waals surface area contributed by atoms with E-state index < -0.39 is 11.6 Å². The van der Waals surface area contributed by atoms with Crippen LogP contribution >= 0.6 is 0 Å². The van der Waals surface area contributed by atoms with Crippen LogP contribution in [0, 0.1) is 11.6 Å². The zero-order valence-corrected chi connectivity index (χ0v) is 20.2. The minimum absolute atomic E-state index is 0.141. The molecular weight excluding hydrogens is 480 g/mol. The summed E-state index contributed by atoms with van der Waals surface area (Å²) in [5.74, 6) is 1.53. The van der Waals surface area contributed by atoms with Gasteiger partial charge in [0.2, 0.25) is 11.7 Å². The van der Waals surface area contributed by atoms with Crippen LogP contribution in [0.3, 0.4) is 0 Å². The Morgan fingerprint density at radius 1 is 1.05 bits per heavy atom. The molecule has 0 radical (unpaired) electrons. The zero-order valence-electron chi connectivity index (χ0n) is 20.2. The summed E-state index contributed by atoms with van der Waals surface area (Å²) in [4.78, 5) is 15.6. The number of hydrogen-bond donors (Lipinski definition) is 1. The molecule has 12 heteroatoms. The van der Waals surface area contributed by atoms with E-state index in [0.717, 1.165) is 18.7 Å². The molecule has 4 heterocycles.